The number of hydrogen-bond acceptors (Lipinski definition) is 3. The van der Waals surface area contributed by atoms with Crippen molar-refractivity contribution in [3.63, 3.8) is 0 Å². The predicted molar refractivity (Wildman–Crippen MR) is 91.4 cm³/mol. The van der Waals surface area contributed by atoms with Gasteiger partial charge in [-0.15, -0.1) is 0 Å². The monoisotopic (exact) mass is 298 g/mol. The lowest BCUT2D eigenvalue weighted by molar-refractivity contribution is 0.0217. The maximum atomic E-state index is 6.04. The topological polar surface area (TPSA) is 38.5 Å². The first kappa shape index (κ1) is 16.7. The Labute approximate surface area is 133 Å². The number of methoxy groups -OCH3 is 1. The molecule has 0 aliphatic rings. The second-order valence-electron chi connectivity index (χ2n) is 5.62. The zero-order valence-corrected chi connectivity index (χ0v) is 13.5. The van der Waals surface area contributed by atoms with Crippen LogP contribution in [0.1, 0.15) is 18.1 Å². The Hall–Kier alpha value is -1.68. The van der Waals surface area contributed by atoms with E-state index in [4.69, 9.17) is 10.5 Å². The molecule has 2 aromatic carbocycles. The third kappa shape index (κ3) is 4.67. The van der Waals surface area contributed by atoms with E-state index in [0.717, 1.165) is 13.1 Å². The Morgan fingerprint density at radius 2 is 1.36 bits per heavy atom. The SMILES string of the molecule is COC(C)C(CN)N(Cc1ccccc1)Cc1ccccc1. The van der Waals surface area contributed by atoms with E-state index in [9.17, 15) is 0 Å². The van der Waals surface area contributed by atoms with Gasteiger partial charge >= 0.3 is 0 Å². The van der Waals surface area contributed by atoms with E-state index in [-0.39, 0.29) is 12.1 Å². The van der Waals surface area contributed by atoms with Crippen molar-refractivity contribution in [2.24, 2.45) is 5.73 Å². The van der Waals surface area contributed by atoms with Gasteiger partial charge in [-0.05, 0) is 18.1 Å². The summed E-state index contributed by atoms with van der Waals surface area (Å²) < 4.78 is 5.54. The van der Waals surface area contributed by atoms with Gasteiger partial charge in [-0.1, -0.05) is 60.7 Å². The van der Waals surface area contributed by atoms with Gasteiger partial charge in [-0.2, -0.15) is 0 Å². The third-order valence-electron chi connectivity index (χ3n) is 4.08. The van der Waals surface area contributed by atoms with E-state index < -0.39 is 0 Å². The highest BCUT2D eigenvalue weighted by molar-refractivity contribution is 5.17. The molecule has 0 fully saturated rings. The van der Waals surface area contributed by atoms with Crippen LogP contribution in [0.25, 0.3) is 0 Å². The minimum atomic E-state index is 0.0948. The van der Waals surface area contributed by atoms with Gasteiger partial charge < -0.3 is 10.5 Å². The van der Waals surface area contributed by atoms with Crippen LogP contribution in [0.5, 0.6) is 0 Å². The largest absolute Gasteiger partial charge is 0.380 e. The number of ether oxygens (including phenoxy) is 1. The minimum absolute atomic E-state index is 0.0948. The zero-order chi connectivity index (χ0) is 15.8. The van der Waals surface area contributed by atoms with E-state index in [2.05, 4.69) is 60.4 Å². The van der Waals surface area contributed by atoms with Crippen molar-refractivity contribution in [3.8, 4) is 0 Å². The first-order valence-corrected chi connectivity index (χ1v) is 7.79. The molecule has 0 aromatic heterocycles. The van der Waals surface area contributed by atoms with Gasteiger partial charge in [0.25, 0.3) is 0 Å². The van der Waals surface area contributed by atoms with Gasteiger partial charge in [0.05, 0.1) is 6.10 Å². The summed E-state index contributed by atoms with van der Waals surface area (Å²) in [6.07, 6.45) is 0.0948. The van der Waals surface area contributed by atoms with E-state index in [1.54, 1.807) is 7.11 Å². The molecule has 118 valence electrons. The highest BCUT2D eigenvalue weighted by Crippen LogP contribution is 2.16. The molecule has 2 unspecified atom stereocenters. The van der Waals surface area contributed by atoms with E-state index >= 15 is 0 Å². The van der Waals surface area contributed by atoms with E-state index in [0.29, 0.717) is 6.54 Å². The summed E-state index contributed by atoms with van der Waals surface area (Å²) in [5, 5.41) is 0. The third-order valence-corrected chi connectivity index (χ3v) is 4.08. The molecule has 2 N–H and O–H groups in total. The number of nitrogens with two attached hydrogens (primary N) is 1. The molecule has 0 saturated carbocycles. The van der Waals surface area contributed by atoms with Crippen LogP contribution >= 0.6 is 0 Å². The van der Waals surface area contributed by atoms with Crippen LogP contribution in [0.15, 0.2) is 60.7 Å². The van der Waals surface area contributed by atoms with Gasteiger partial charge in [0, 0.05) is 32.8 Å². The molecule has 0 amide bonds. The van der Waals surface area contributed by atoms with Crippen molar-refractivity contribution in [2.75, 3.05) is 13.7 Å². The summed E-state index contributed by atoms with van der Waals surface area (Å²) in [5.74, 6) is 0. The van der Waals surface area contributed by atoms with Crippen LogP contribution in [-0.4, -0.2) is 30.7 Å². The number of hydrogen-bond donors (Lipinski definition) is 1. The molecule has 0 radical (unpaired) electrons. The summed E-state index contributed by atoms with van der Waals surface area (Å²) in [6.45, 7) is 4.39. The predicted octanol–water partition coefficient (Wildman–Crippen LogP) is 3.05. The molecule has 0 spiro atoms. The van der Waals surface area contributed by atoms with Crippen molar-refractivity contribution in [2.45, 2.75) is 32.2 Å². The van der Waals surface area contributed by atoms with Gasteiger partial charge in [-0.25, -0.2) is 0 Å². The molecule has 2 rings (SSSR count). The van der Waals surface area contributed by atoms with Crippen LogP contribution in [-0.2, 0) is 17.8 Å². The minimum Gasteiger partial charge on any atom is -0.380 e. The summed E-state index contributed by atoms with van der Waals surface area (Å²) in [6, 6.07) is 21.2. The summed E-state index contributed by atoms with van der Waals surface area (Å²) >= 11 is 0. The van der Waals surface area contributed by atoms with Crippen molar-refractivity contribution in [3.05, 3.63) is 71.8 Å². The number of benzene rings is 2. The average molecular weight is 298 g/mol. The lowest BCUT2D eigenvalue weighted by Gasteiger charge is -2.34. The fourth-order valence-corrected chi connectivity index (χ4v) is 2.72. The first-order valence-electron chi connectivity index (χ1n) is 7.79. The maximum absolute atomic E-state index is 6.04. The van der Waals surface area contributed by atoms with Gasteiger partial charge in [0.1, 0.15) is 0 Å². The van der Waals surface area contributed by atoms with Crippen LogP contribution in [0, 0.1) is 0 Å². The molecule has 3 nitrogen and oxygen atoms in total. The second kappa shape index (κ2) is 8.69. The Balaban J connectivity index is 2.19. The van der Waals surface area contributed by atoms with Crippen molar-refractivity contribution < 1.29 is 4.74 Å². The maximum Gasteiger partial charge on any atom is 0.0710 e. The van der Waals surface area contributed by atoms with Gasteiger partial charge in [0.15, 0.2) is 0 Å². The van der Waals surface area contributed by atoms with Crippen LogP contribution in [0.4, 0.5) is 0 Å². The molecule has 3 heteroatoms. The Kier molecular flexibility index (Phi) is 6.59. The van der Waals surface area contributed by atoms with Crippen molar-refractivity contribution in [1.82, 2.24) is 4.90 Å². The van der Waals surface area contributed by atoms with Crippen LogP contribution < -0.4 is 5.73 Å². The average Bonchev–Trinajstić information content (AvgIpc) is 2.57. The first-order chi connectivity index (χ1) is 10.7. The smallest absolute Gasteiger partial charge is 0.0710 e. The molecule has 2 atom stereocenters. The second-order valence-corrected chi connectivity index (χ2v) is 5.62. The molecule has 2 aromatic rings. The summed E-state index contributed by atoms with van der Waals surface area (Å²) in [5.41, 5.74) is 8.62. The molecule has 0 aliphatic heterocycles. The molecular weight excluding hydrogens is 272 g/mol. The van der Waals surface area contributed by atoms with Gasteiger partial charge in [0.2, 0.25) is 0 Å². The zero-order valence-electron chi connectivity index (χ0n) is 13.5. The summed E-state index contributed by atoms with van der Waals surface area (Å²) in [7, 11) is 1.75. The summed E-state index contributed by atoms with van der Waals surface area (Å²) in [4.78, 5) is 2.40. The van der Waals surface area contributed by atoms with Crippen LogP contribution in [0.2, 0.25) is 0 Å². The highest BCUT2D eigenvalue weighted by Gasteiger charge is 2.23. The molecule has 0 bridgehead atoms. The lowest BCUT2D eigenvalue weighted by atomic mass is 10.1. The van der Waals surface area contributed by atoms with Gasteiger partial charge in [-0.3, -0.25) is 4.90 Å². The Morgan fingerprint density at radius 3 is 1.73 bits per heavy atom. The Morgan fingerprint density at radius 1 is 0.909 bits per heavy atom. The number of nitrogens with zero attached hydrogens (tertiary/aromatic N) is 1. The molecule has 22 heavy (non-hydrogen) atoms. The van der Waals surface area contributed by atoms with E-state index in [1.165, 1.54) is 11.1 Å². The molecule has 0 heterocycles. The standard InChI is InChI=1S/C19H26N2O/c1-16(22-2)19(13-20)21(14-17-9-5-3-6-10-17)15-18-11-7-4-8-12-18/h3-12,16,19H,13-15,20H2,1-2H3. The van der Waals surface area contributed by atoms with E-state index in [1.807, 2.05) is 12.1 Å². The highest BCUT2D eigenvalue weighted by atomic mass is 16.5. The van der Waals surface area contributed by atoms with Crippen molar-refractivity contribution >= 4 is 0 Å². The molecule has 0 saturated heterocycles. The Bertz CT molecular complexity index is 488. The fraction of sp³-hybridized carbons (Fsp3) is 0.368. The lowest BCUT2D eigenvalue weighted by Crippen LogP contribution is -2.47. The molecule has 0 aliphatic carbocycles. The fourth-order valence-electron chi connectivity index (χ4n) is 2.72. The normalized spacial score (nSPS) is 14.0. The number of rotatable bonds is 8. The quantitative estimate of drug-likeness (QED) is 0.814. The van der Waals surface area contributed by atoms with Crippen molar-refractivity contribution in [1.29, 1.82) is 0 Å². The van der Waals surface area contributed by atoms with Crippen LogP contribution in [0.3, 0.4) is 0 Å². The molecular formula is C19H26N2O.